The Bertz CT molecular complexity index is 549. The van der Waals surface area contributed by atoms with E-state index in [0.29, 0.717) is 6.42 Å². The van der Waals surface area contributed by atoms with E-state index in [9.17, 15) is 13.2 Å². The van der Waals surface area contributed by atoms with E-state index >= 15 is 0 Å². The summed E-state index contributed by atoms with van der Waals surface area (Å²) in [6.45, 7) is 0. The lowest BCUT2D eigenvalue weighted by atomic mass is 10.3. The number of hydrogen-bond acceptors (Lipinski definition) is 5. The van der Waals surface area contributed by atoms with Crippen molar-refractivity contribution < 1.29 is 8.42 Å². The van der Waals surface area contributed by atoms with Crippen molar-refractivity contribution in [2.45, 2.75) is 12.5 Å². The smallest absolute Gasteiger partial charge is 0.293 e. The fourth-order valence-corrected chi connectivity index (χ4v) is 3.37. The number of rotatable bonds is 2. The van der Waals surface area contributed by atoms with Crippen molar-refractivity contribution in [3.63, 3.8) is 0 Å². The van der Waals surface area contributed by atoms with E-state index < -0.39 is 9.84 Å². The largest absolute Gasteiger partial charge is 0.362 e. The first-order chi connectivity index (χ1) is 7.48. The van der Waals surface area contributed by atoms with Crippen molar-refractivity contribution in [2.24, 2.45) is 7.05 Å². The molecule has 1 aromatic heterocycles. The number of aromatic nitrogens is 2. The molecule has 6 nitrogen and oxygen atoms in total. The molecule has 1 N–H and O–H groups in total. The van der Waals surface area contributed by atoms with Crippen LogP contribution in [-0.4, -0.2) is 35.5 Å². The number of hydrogen-bond donors (Lipinski definition) is 1. The lowest BCUT2D eigenvalue weighted by Crippen LogP contribution is -2.28. The Labute approximate surface area is 93.2 Å². The van der Waals surface area contributed by atoms with Crippen LogP contribution in [0.3, 0.4) is 0 Å². The van der Waals surface area contributed by atoms with Crippen LogP contribution in [0.1, 0.15) is 6.42 Å². The zero-order chi connectivity index (χ0) is 11.8. The summed E-state index contributed by atoms with van der Waals surface area (Å²) in [5.74, 6) is 0.469. The Morgan fingerprint density at radius 3 is 2.94 bits per heavy atom. The van der Waals surface area contributed by atoms with E-state index in [0.717, 1.165) is 0 Å². The van der Waals surface area contributed by atoms with E-state index in [1.807, 2.05) is 0 Å². The summed E-state index contributed by atoms with van der Waals surface area (Å²) < 4.78 is 23.9. The summed E-state index contributed by atoms with van der Waals surface area (Å²) in [6, 6.07) is -0.201. The van der Waals surface area contributed by atoms with Gasteiger partial charge in [-0.15, -0.1) is 0 Å². The van der Waals surface area contributed by atoms with Gasteiger partial charge in [0.2, 0.25) is 0 Å². The molecule has 1 saturated heterocycles. The summed E-state index contributed by atoms with van der Waals surface area (Å²) in [5, 5.41) is 2.88. The minimum Gasteiger partial charge on any atom is -0.362 e. The van der Waals surface area contributed by atoms with Gasteiger partial charge in [-0.1, -0.05) is 0 Å². The summed E-state index contributed by atoms with van der Waals surface area (Å²) >= 11 is 0. The van der Waals surface area contributed by atoms with E-state index in [1.165, 1.54) is 10.8 Å². The molecule has 1 atom stereocenters. The van der Waals surface area contributed by atoms with Gasteiger partial charge in [0.25, 0.3) is 5.56 Å². The zero-order valence-electron chi connectivity index (χ0n) is 8.88. The highest BCUT2D eigenvalue weighted by atomic mass is 32.2. The van der Waals surface area contributed by atoms with Gasteiger partial charge in [-0.05, 0) is 6.42 Å². The molecule has 2 heterocycles. The first-order valence-corrected chi connectivity index (χ1v) is 6.79. The minimum atomic E-state index is -2.94. The summed E-state index contributed by atoms with van der Waals surface area (Å²) in [6.07, 6.45) is 3.59. The molecule has 88 valence electrons. The molecule has 0 amide bonds. The molecule has 0 aromatic carbocycles. The highest BCUT2D eigenvalue weighted by Crippen LogP contribution is 2.14. The zero-order valence-corrected chi connectivity index (χ0v) is 9.70. The fourth-order valence-electron chi connectivity index (χ4n) is 1.70. The molecule has 0 spiro atoms. The molecule has 2 rings (SSSR count). The Kier molecular flexibility index (Phi) is 2.71. The van der Waals surface area contributed by atoms with Gasteiger partial charge in [0, 0.05) is 25.5 Å². The quantitative estimate of drug-likeness (QED) is 0.748. The molecule has 0 saturated carbocycles. The lowest BCUT2D eigenvalue weighted by Gasteiger charge is -2.10. The van der Waals surface area contributed by atoms with Crippen LogP contribution in [-0.2, 0) is 16.9 Å². The second kappa shape index (κ2) is 3.89. The standard InChI is InChI=1S/C9H13N3O3S/c1-12-4-3-10-8(9(12)13)11-7-2-5-16(14,15)6-7/h3-4,7H,2,5-6H2,1H3,(H,10,11). The number of sulfone groups is 1. The molecular formula is C9H13N3O3S. The van der Waals surface area contributed by atoms with E-state index in [4.69, 9.17) is 0 Å². The van der Waals surface area contributed by atoms with Crippen molar-refractivity contribution in [1.29, 1.82) is 0 Å². The molecular weight excluding hydrogens is 230 g/mol. The Balaban J connectivity index is 2.17. The van der Waals surface area contributed by atoms with Gasteiger partial charge < -0.3 is 9.88 Å². The highest BCUT2D eigenvalue weighted by Gasteiger charge is 2.28. The first kappa shape index (κ1) is 11.1. The van der Waals surface area contributed by atoms with E-state index in [1.54, 1.807) is 13.2 Å². The van der Waals surface area contributed by atoms with Gasteiger partial charge in [-0.3, -0.25) is 4.79 Å². The number of nitrogens with zero attached hydrogens (tertiary/aromatic N) is 2. The summed E-state index contributed by atoms with van der Waals surface area (Å²) in [4.78, 5) is 15.5. The number of anilines is 1. The second-order valence-electron chi connectivity index (χ2n) is 3.94. The van der Waals surface area contributed by atoms with E-state index in [2.05, 4.69) is 10.3 Å². The third-order valence-corrected chi connectivity index (χ3v) is 4.36. The molecule has 1 aromatic rings. The van der Waals surface area contributed by atoms with Gasteiger partial charge >= 0.3 is 0 Å². The Morgan fingerprint density at radius 2 is 2.31 bits per heavy atom. The van der Waals surface area contributed by atoms with Crippen LogP contribution in [0.2, 0.25) is 0 Å². The molecule has 1 aliphatic heterocycles. The molecule has 0 bridgehead atoms. The van der Waals surface area contributed by atoms with Gasteiger partial charge in [0.05, 0.1) is 11.5 Å². The van der Waals surface area contributed by atoms with Crippen molar-refractivity contribution in [2.75, 3.05) is 16.8 Å². The predicted molar refractivity (Wildman–Crippen MR) is 60.2 cm³/mol. The highest BCUT2D eigenvalue weighted by molar-refractivity contribution is 7.91. The topological polar surface area (TPSA) is 81.1 Å². The Hall–Kier alpha value is -1.37. The van der Waals surface area contributed by atoms with Crippen LogP contribution >= 0.6 is 0 Å². The van der Waals surface area contributed by atoms with Gasteiger partial charge in [-0.25, -0.2) is 13.4 Å². The van der Waals surface area contributed by atoms with Crippen molar-refractivity contribution in [3.8, 4) is 0 Å². The average Bonchev–Trinajstić information content (AvgIpc) is 2.53. The van der Waals surface area contributed by atoms with Gasteiger partial charge in [0.15, 0.2) is 15.7 Å². The van der Waals surface area contributed by atoms with Gasteiger partial charge in [0.1, 0.15) is 0 Å². The molecule has 0 radical (unpaired) electrons. The maximum Gasteiger partial charge on any atom is 0.293 e. The van der Waals surface area contributed by atoms with Crippen LogP contribution in [0.5, 0.6) is 0 Å². The van der Waals surface area contributed by atoms with Crippen molar-refractivity contribution in [3.05, 3.63) is 22.7 Å². The molecule has 1 unspecified atom stereocenters. The SMILES string of the molecule is Cn1ccnc(NC2CCS(=O)(=O)C2)c1=O. The first-order valence-electron chi connectivity index (χ1n) is 4.96. The van der Waals surface area contributed by atoms with Crippen LogP contribution in [0.25, 0.3) is 0 Å². The van der Waals surface area contributed by atoms with Gasteiger partial charge in [-0.2, -0.15) is 0 Å². The number of nitrogens with one attached hydrogen (secondary N) is 1. The van der Waals surface area contributed by atoms with Crippen LogP contribution in [0.4, 0.5) is 5.82 Å². The molecule has 1 fully saturated rings. The Morgan fingerprint density at radius 1 is 1.56 bits per heavy atom. The van der Waals surface area contributed by atoms with Crippen molar-refractivity contribution in [1.82, 2.24) is 9.55 Å². The third-order valence-electron chi connectivity index (χ3n) is 2.59. The minimum absolute atomic E-state index is 0.0761. The monoisotopic (exact) mass is 243 g/mol. The molecule has 1 aliphatic rings. The molecule has 16 heavy (non-hydrogen) atoms. The number of aryl methyl sites for hydroxylation is 1. The molecule has 0 aliphatic carbocycles. The van der Waals surface area contributed by atoms with Crippen LogP contribution < -0.4 is 10.9 Å². The predicted octanol–water partition coefficient (Wildman–Crippen LogP) is -0.621. The fraction of sp³-hybridized carbons (Fsp3) is 0.556. The van der Waals surface area contributed by atoms with Crippen LogP contribution in [0, 0.1) is 0 Å². The maximum absolute atomic E-state index is 11.6. The summed E-state index contributed by atoms with van der Waals surface area (Å²) in [7, 11) is -1.31. The normalized spacial score (nSPS) is 23.2. The summed E-state index contributed by atoms with van der Waals surface area (Å²) in [5.41, 5.74) is -0.244. The van der Waals surface area contributed by atoms with E-state index in [-0.39, 0.29) is 28.9 Å². The van der Waals surface area contributed by atoms with Crippen LogP contribution in [0.15, 0.2) is 17.2 Å². The van der Waals surface area contributed by atoms with Crippen molar-refractivity contribution >= 4 is 15.7 Å². The lowest BCUT2D eigenvalue weighted by molar-refractivity contribution is 0.602. The third kappa shape index (κ3) is 2.24. The average molecular weight is 243 g/mol. The second-order valence-corrected chi connectivity index (χ2v) is 6.16. The molecule has 7 heteroatoms. The maximum atomic E-state index is 11.6.